The van der Waals surface area contributed by atoms with Gasteiger partial charge in [0.15, 0.2) is 5.78 Å². The van der Waals surface area contributed by atoms with Gasteiger partial charge in [-0.05, 0) is 68.7 Å². The highest BCUT2D eigenvalue weighted by atomic mass is 35.5. The lowest BCUT2D eigenvalue weighted by atomic mass is 9.79. The van der Waals surface area contributed by atoms with E-state index in [1.807, 2.05) is 13.0 Å². The van der Waals surface area contributed by atoms with Crippen LogP contribution in [0.1, 0.15) is 53.7 Å². The second kappa shape index (κ2) is 9.11. The third-order valence-electron chi connectivity index (χ3n) is 5.38. The zero-order valence-corrected chi connectivity index (χ0v) is 16.9. The molecule has 0 spiro atoms. The minimum Gasteiger partial charge on any atom is -0.354 e. The van der Waals surface area contributed by atoms with Crippen molar-refractivity contribution in [1.82, 2.24) is 9.97 Å². The lowest BCUT2D eigenvalue weighted by Gasteiger charge is -2.28. The molecule has 3 rings (SSSR count). The monoisotopic (exact) mass is 425 g/mol. The molecule has 1 fully saturated rings. The van der Waals surface area contributed by atoms with Crippen LogP contribution in [0.3, 0.4) is 0 Å². The minimum atomic E-state index is -4.49. The SMILES string of the molecule is Cc1ccnc(NCC2CCC(CC(=O)c3cc(C(F)(F)F)ccc3Cl)CC2)n1. The van der Waals surface area contributed by atoms with Gasteiger partial charge < -0.3 is 5.32 Å². The molecule has 4 nitrogen and oxygen atoms in total. The molecule has 0 unspecified atom stereocenters. The summed E-state index contributed by atoms with van der Waals surface area (Å²) in [5.41, 5.74) is 0.0123. The first-order valence-electron chi connectivity index (χ1n) is 9.66. The Morgan fingerprint density at radius 2 is 1.86 bits per heavy atom. The number of nitrogens with zero attached hydrogens (tertiary/aromatic N) is 2. The topological polar surface area (TPSA) is 54.9 Å². The lowest BCUT2D eigenvalue weighted by molar-refractivity contribution is -0.137. The molecule has 8 heteroatoms. The van der Waals surface area contributed by atoms with E-state index < -0.39 is 11.7 Å². The quantitative estimate of drug-likeness (QED) is 0.581. The Kier molecular flexibility index (Phi) is 6.77. The maximum absolute atomic E-state index is 12.9. The van der Waals surface area contributed by atoms with Crippen molar-refractivity contribution >= 4 is 23.3 Å². The fourth-order valence-electron chi connectivity index (χ4n) is 3.70. The van der Waals surface area contributed by atoms with Crippen LogP contribution in [-0.2, 0) is 6.18 Å². The summed E-state index contributed by atoms with van der Waals surface area (Å²) in [5, 5.41) is 3.32. The molecule has 2 aromatic rings. The molecule has 1 aliphatic carbocycles. The van der Waals surface area contributed by atoms with Crippen molar-refractivity contribution in [2.24, 2.45) is 11.8 Å². The second-order valence-electron chi connectivity index (χ2n) is 7.61. The summed E-state index contributed by atoms with van der Waals surface area (Å²) in [4.78, 5) is 21.1. The van der Waals surface area contributed by atoms with E-state index in [4.69, 9.17) is 11.6 Å². The minimum absolute atomic E-state index is 0.0399. The third-order valence-corrected chi connectivity index (χ3v) is 5.71. The molecule has 1 aromatic carbocycles. The summed E-state index contributed by atoms with van der Waals surface area (Å²) < 4.78 is 38.7. The number of hydrogen-bond donors (Lipinski definition) is 1. The van der Waals surface area contributed by atoms with Gasteiger partial charge in [0.2, 0.25) is 5.95 Å². The fourth-order valence-corrected chi connectivity index (χ4v) is 3.92. The van der Waals surface area contributed by atoms with Gasteiger partial charge in [0.05, 0.1) is 10.6 Å². The second-order valence-corrected chi connectivity index (χ2v) is 8.02. The first-order valence-corrected chi connectivity index (χ1v) is 10.0. The van der Waals surface area contributed by atoms with Crippen LogP contribution in [0.2, 0.25) is 5.02 Å². The molecule has 0 amide bonds. The van der Waals surface area contributed by atoms with E-state index in [2.05, 4.69) is 15.3 Å². The van der Waals surface area contributed by atoms with Gasteiger partial charge >= 0.3 is 6.18 Å². The number of halogens is 4. The molecular weight excluding hydrogens is 403 g/mol. The predicted molar refractivity (Wildman–Crippen MR) is 106 cm³/mol. The molecule has 1 aromatic heterocycles. The number of nitrogens with one attached hydrogen (secondary N) is 1. The van der Waals surface area contributed by atoms with Crippen LogP contribution in [0, 0.1) is 18.8 Å². The summed E-state index contributed by atoms with van der Waals surface area (Å²) in [7, 11) is 0. The van der Waals surface area contributed by atoms with Crippen molar-refractivity contribution in [1.29, 1.82) is 0 Å². The normalized spacial score (nSPS) is 19.8. The van der Waals surface area contributed by atoms with Crippen molar-refractivity contribution in [2.75, 3.05) is 11.9 Å². The molecule has 0 bridgehead atoms. The number of aromatic nitrogens is 2. The molecule has 0 radical (unpaired) electrons. The average Bonchev–Trinajstić information content (AvgIpc) is 2.67. The van der Waals surface area contributed by atoms with Gasteiger partial charge in [0.1, 0.15) is 0 Å². The van der Waals surface area contributed by atoms with E-state index in [0.29, 0.717) is 11.9 Å². The fraction of sp³-hybridized carbons (Fsp3) is 0.476. The van der Waals surface area contributed by atoms with Gasteiger partial charge in [-0.2, -0.15) is 13.2 Å². The van der Waals surface area contributed by atoms with Crippen LogP contribution < -0.4 is 5.32 Å². The van der Waals surface area contributed by atoms with Gasteiger partial charge in [-0.25, -0.2) is 9.97 Å². The molecule has 1 saturated carbocycles. The summed E-state index contributed by atoms with van der Waals surface area (Å²) >= 11 is 5.98. The van der Waals surface area contributed by atoms with E-state index in [1.165, 1.54) is 0 Å². The number of rotatable bonds is 6. The Balaban J connectivity index is 1.51. The van der Waals surface area contributed by atoms with E-state index in [0.717, 1.165) is 56.1 Å². The zero-order chi connectivity index (χ0) is 21.0. The number of benzene rings is 1. The highest BCUT2D eigenvalue weighted by Crippen LogP contribution is 2.35. The van der Waals surface area contributed by atoms with Crippen LogP contribution in [-0.4, -0.2) is 22.3 Å². The number of Topliss-reactive ketones (excluding diaryl/α,β-unsaturated/α-hetero) is 1. The molecule has 29 heavy (non-hydrogen) atoms. The van der Waals surface area contributed by atoms with Crippen molar-refractivity contribution < 1.29 is 18.0 Å². The molecule has 156 valence electrons. The van der Waals surface area contributed by atoms with Gasteiger partial charge in [-0.1, -0.05) is 11.6 Å². The standard InChI is InChI=1S/C21H23ClF3N3O/c1-13-8-9-26-20(28-13)27-12-15-4-2-14(3-5-15)10-19(29)17-11-16(21(23,24)25)6-7-18(17)22/h6-9,11,14-15H,2-5,10,12H2,1H3,(H,26,27,28). The number of anilines is 1. The van der Waals surface area contributed by atoms with Crippen LogP contribution in [0.25, 0.3) is 0 Å². The van der Waals surface area contributed by atoms with Crippen LogP contribution in [0.15, 0.2) is 30.5 Å². The van der Waals surface area contributed by atoms with E-state index >= 15 is 0 Å². The van der Waals surface area contributed by atoms with Crippen molar-refractivity contribution in [3.63, 3.8) is 0 Å². The van der Waals surface area contributed by atoms with Crippen LogP contribution in [0.4, 0.5) is 19.1 Å². The van der Waals surface area contributed by atoms with Gasteiger partial charge in [-0.15, -0.1) is 0 Å². The summed E-state index contributed by atoms with van der Waals surface area (Å²) in [6, 6.07) is 4.74. The molecule has 0 atom stereocenters. The Morgan fingerprint density at radius 3 is 2.52 bits per heavy atom. The zero-order valence-electron chi connectivity index (χ0n) is 16.1. The molecule has 1 N–H and O–H groups in total. The van der Waals surface area contributed by atoms with Crippen molar-refractivity contribution in [3.8, 4) is 0 Å². The maximum atomic E-state index is 12.9. The van der Waals surface area contributed by atoms with Crippen molar-refractivity contribution in [3.05, 3.63) is 52.3 Å². The Bertz CT molecular complexity index is 864. The summed E-state index contributed by atoms with van der Waals surface area (Å²) in [6.07, 6.45) is 1.08. The lowest BCUT2D eigenvalue weighted by Crippen LogP contribution is -2.23. The highest BCUT2D eigenvalue weighted by Gasteiger charge is 2.32. The number of aryl methyl sites for hydroxylation is 1. The van der Waals surface area contributed by atoms with E-state index in [-0.39, 0.29) is 28.7 Å². The number of ketones is 1. The number of carbonyl (C=O) groups is 1. The van der Waals surface area contributed by atoms with Gasteiger partial charge in [0.25, 0.3) is 0 Å². The number of hydrogen-bond acceptors (Lipinski definition) is 4. The molecule has 1 heterocycles. The van der Waals surface area contributed by atoms with Gasteiger partial charge in [-0.3, -0.25) is 4.79 Å². The average molecular weight is 426 g/mol. The first-order chi connectivity index (χ1) is 13.7. The maximum Gasteiger partial charge on any atom is 0.416 e. The Labute approximate surface area is 172 Å². The van der Waals surface area contributed by atoms with Crippen molar-refractivity contribution in [2.45, 2.75) is 45.2 Å². The molecular formula is C21H23ClF3N3O. The Morgan fingerprint density at radius 1 is 1.17 bits per heavy atom. The predicted octanol–water partition coefficient (Wildman–Crippen LogP) is 5.95. The number of alkyl halides is 3. The third kappa shape index (κ3) is 5.92. The van der Waals surface area contributed by atoms with Gasteiger partial charge in [0, 0.05) is 30.4 Å². The van der Waals surface area contributed by atoms with E-state index in [9.17, 15) is 18.0 Å². The molecule has 0 saturated heterocycles. The van der Waals surface area contributed by atoms with E-state index in [1.54, 1.807) is 6.20 Å². The highest BCUT2D eigenvalue weighted by molar-refractivity contribution is 6.34. The Hall–Kier alpha value is -2.15. The summed E-state index contributed by atoms with van der Waals surface area (Å²) in [5.74, 6) is 0.916. The largest absolute Gasteiger partial charge is 0.416 e. The first kappa shape index (κ1) is 21.6. The summed E-state index contributed by atoms with van der Waals surface area (Å²) in [6.45, 7) is 2.68. The number of carbonyl (C=O) groups excluding carboxylic acids is 1. The smallest absolute Gasteiger partial charge is 0.354 e. The molecule has 0 aliphatic heterocycles. The molecule has 1 aliphatic rings. The van der Waals surface area contributed by atoms with Crippen LogP contribution in [0.5, 0.6) is 0 Å². The van der Waals surface area contributed by atoms with Crippen LogP contribution >= 0.6 is 11.6 Å².